The minimum Gasteiger partial charge on any atom is -0.458 e. The van der Waals surface area contributed by atoms with E-state index in [-0.39, 0.29) is 0 Å². The Balaban J connectivity index is 1.02. The third kappa shape index (κ3) is 4.15. The molecule has 0 bridgehead atoms. The van der Waals surface area contributed by atoms with Crippen LogP contribution in [0.25, 0.3) is 72.9 Å². The lowest BCUT2D eigenvalue weighted by Gasteiger charge is -2.11. The SMILES string of the molecule is [c-]1n(-c2cccc(Oc3ccc4nc5n6ccnc6n6c7ccccc7nc6n5c4c3)c2)c2ccccc2[n+]1-c1ccccc1-c1ccccc1. The van der Waals surface area contributed by atoms with E-state index in [1.54, 1.807) is 6.20 Å². The first-order valence-corrected chi connectivity index (χ1v) is 16.7. The first-order chi connectivity index (χ1) is 25.3. The predicted octanol–water partition coefficient (Wildman–Crippen LogP) is 8.42. The van der Waals surface area contributed by atoms with Gasteiger partial charge in [0.15, 0.2) is 0 Å². The molecule has 0 saturated carbocycles. The fourth-order valence-electron chi connectivity index (χ4n) is 7.23. The van der Waals surface area contributed by atoms with E-state index in [1.807, 2.05) is 71.3 Å². The quantitative estimate of drug-likeness (QED) is 0.138. The van der Waals surface area contributed by atoms with Crippen LogP contribution >= 0.6 is 0 Å². The monoisotopic (exact) mass is 658 g/mol. The van der Waals surface area contributed by atoms with Crippen molar-refractivity contribution in [2.75, 3.05) is 0 Å². The predicted molar refractivity (Wildman–Crippen MR) is 197 cm³/mol. The Kier molecular flexibility index (Phi) is 5.76. The molecular formula is C42H26N8O. The molecule has 0 aliphatic rings. The molecule has 0 unspecified atom stereocenters. The third-order valence-corrected chi connectivity index (χ3v) is 9.49. The summed E-state index contributed by atoms with van der Waals surface area (Å²) in [5, 5.41) is 0. The van der Waals surface area contributed by atoms with E-state index in [4.69, 9.17) is 14.7 Å². The Morgan fingerprint density at radius 2 is 1.31 bits per heavy atom. The summed E-state index contributed by atoms with van der Waals surface area (Å²) in [7, 11) is 0. The van der Waals surface area contributed by atoms with Crippen molar-refractivity contribution in [2.45, 2.75) is 0 Å². The lowest BCUT2D eigenvalue weighted by molar-refractivity contribution is -0.571. The van der Waals surface area contributed by atoms with E-state index in [1.165, 1.54) is 0 Å². The number of fused-ring (bicyclic) bond motifs is 11. The molecule has 0 atom stereocenters. The second-order valence-electron chi connectivity index (χ2n) is 12.5. The van der Waals surface area contributed by atoms with Crippen molar-refractivity contribution in [2.24, 2.45) is 0 Å². The van der Waals surface area contributed by atoms with Gasteiger partial charge in [0.1, 0.15) is 11.5 Å². The van der Waals surface area contributed by atoms with Crippen molar-refractivity contribution in [3.63, 3.8) is 0 Å². The average Bonchev–Trinajstić information content (AvgIpc) is 3.98. The standard InChI is InChI=1S/C42H26N8O/c1-2-11-28(12-3-1)32-15-4-6-17-35(32)48-27-47(37-19-8-9-20-38(37)48)29-13-10-14-30(25-29)51-31-21-22-34-39(26-31)50-41(44-34)46-24-23-43-40(46)49-36-18-7-5-16-33(36)45-42(49)50/h1-26H. The van der Waals surface area contributed by atoms with Gasteiger partial charge in [-0.3, -0.25) is 13.5 Å². The maximum atomic E-state index is 6.57. The second kappa shape index (κ2) is 10.6. The number of nitrogens with zero attached hydrogens (tertiary/aromatic N) is 8. The molecule has 0 spiro atoms. The lowest BCUT2D eigenvalue weighted by atomic mass is 10.0. The van der Waals surface area contributed by atoms with Crippen LogP contribution in [0, 0.1) is 6.33 Å². The summed E-state index contributed by atoms with van der Waals surface area (Å²) in [5.74, 6) is 3.63. The maximum Gasteiger partial charge on any atom is 0.269 e. The summed E-state index contributed by atoms with van der Waals surface area (Å²) in [6.45, 7) is 0. The van der Waals surface area contributed by atoms with Gasteiger partial charge in [0, 0.05) is 18.5 Å². The van der Waals surface area contributed by atoms with Crippen LogP contribution in [0.1, 0.15) is 0 Å². The van der Waals surface area contributed by atoms with Crippen molar-refractivity contribution in [1.29, 1.82) is 0 Å². The van der Waals surface area contributed by atoms with Gasteiger partial charge in [-0.1, -0.05) is 91.0 Å². The molecule has 9 heteroatoms. The van der Waals surface area contributed by atoms with E-state index in [0.717, 1.165) is 72.9 Å². The second-order valence-corrected chi connectivity index (χ2v) is 12.5. The molecule has 240 valence electrons. The molecule has 51 heavy (non-hydrogen) atoms. The smallest absolute Gasteiger partial charge is 0.269 e. The first kappa shape index (κ1) is 27.7. The fourth-order valence-corrected chi connectivity index (χ4v) is 7.23. The van der Waals surface area contributed by atoms with Gasteiger partial charge in [-0.25, -0.2) is 23.8 Å². The molecule has 0 radical (unpaired) electrons. The van der Waals surface area contributed by atoms with Crippen LogP contribution in [0.3, 0.4) is 0 Å². The summed E-state index contributed by atoms with van der Waals surface area (Å²) in [6, 6.07) is 49.5. The molecule has 0 fully saturated rings. The fraction of sp³-hybridized carbons (Fsp3) is 0. The average molecular weight is 659 g/mol. The number of ether oxygens (including phenoxy) is 1. The largest absolute Gasteiger partial charge is 0.458 e. The lowest BCUT2D eigenvalue weighted by Crippen LogP contribution is -2.30. The van der Waals surface area contributed by atoms with Crippen molar-refractivity contribution in [3.8, 4) is 34.0 Å². The number of hydrogen-bond acceptors (Lipinski definition) is 4. The minimum absolute atomic E-state index is 0.689. The Bertz CT molecular complexity index is 3130. The minimum atomic E-state index is 0.689. The van der Waals surface area contributed by atoms with E-state index in [0.29, 0.717) is 11.5 Å². The molecule has 0 aliphatic heterocycles. The molecule has 5 aromatic heterocycles. The Morgan fingerprint density at radius 3 is 2.25 bits per heavy atom. The van der Waals surface area contributed by atoms with Crippen molar-refractivity contribution in [1.82, 2.24) is 32.7 Å². The topological polar surface area (TPSA) is 69.9 Å². The number of hydrogen-bond donors (Lipinski definition) is 0. The van der Waals surface area contributed by atoms with Crippen LogP contribution in [0.5, 0.6) is 11.5 Å². The van der Waals surface area contributed by atoms with Gasteiger partial charge in [-0.2, -0.15) is 0 Å². The Hall–Kier alpha value is -7.26. The summed E-state index contributed by atoms with van der Waals surface area (Å²) in [6.07, 6.45) is 7.38. The summed E-state index contributed by atoms with van der Waals surface area (Å²) >= 11 is 0. The number of imidazole rings is 4. The molecule has 0 aliphatic carbocycles. The maximum absolute atomic E-state index is 6.57. The number of rotatable bonds is 5. The van der Waals surface area contributed by atoms with Crippen molar-refractivity contribution >= 4 is 50.4 Å². The molecule has 0 saturated heterocycles. The summed E-state index contributed by atoms with van der Waals surface area (Å²) in [4.78, 5) is 14.6. The zero-order valence-corrected chi connectivity index (χ0v) is 27.0. The van der Waals surface area contributed by atoms with Gasteiger partial charge >= 0.3 is 0 Å². The van der Waals surface area contributed by atoms with E-state index < -0.39 is 0 Å². The van der Waals surface area contributed by atoms with Gasteiger partial charge in [-0.15, -0.1) is 0 Å². The molecule has 11 rings (SSSR count). The van der Waals surface area contributed by atoms with Gasteiger partial charge < -0.3 is 4.74 Å². The molecule has 0 amide bonds. The van der Waals surface area contributed by atoms with Gasteiger partial charge in [0.2, 0.25) is 17.3 Å². The van der Waals surface area contributed by atoms with Crippen LogP contribution in [0.2, 0.25) is 0 Å². The molecule has 6 aromatic carbocycles. The number of benzene rings is 6. The van der Waals surface area contributed by atoms with Crippen molar-refractivity contribution < 1.29 is 9.30 Å². The Labute approximate surface area is 290 Å². The van der Waals surface area contributed by atoms with E-state index >= 15 is 0 Å². The van der Waals surface area contributed by atoms with E-state index in [9.17, 15) is 0 Å². The summed E-state index contributed by atoms with van der Waals surface area (Å²) < 4.78 is 16.9. The highest BCUT2D eigenvalue weighted by Crippen LogP contribution is 2.31. The highest BCUT2D eigenvalue weighted by atomic mass is 16.5. The number of aromatic nitrogens is 8. The van der Waals surface area contributed by atoms with Crippen LogP contribution in [-0.2, 0) is 0 Å². The molecule has 9 nitrogen and oxygen atoms in total. The van der Waals surface area contributed by atoms with Gasteiger partial charge in [0.25, 0.3) is 6.33 Å². The zero-order valence-electron chi connectivity index (χ0n) is 27.0. The Morgan fingerprint density at radius 1 is 0.569 bits per heavy atom. The van der Waals surface area contributed by atoms with Crippen molar-refractivity contribution in [3.05, 3.63) is 164 Å². The molecular weight excluding hydrogens is 633 g/mol. The van der Waals surface area contributed by atoms with Gasteiger partial charge in [-0.05, 0) is 59.7 Å². The van der Waals surface area contributed by atoms with Crippen LogP contribution in [-0.4, -0.2) is 32.7 Å². The third-order valence-electron chi connectivity index (χ3n) is 9.49. The van der Waals surface area contributed by atoms with Crippen LogP contribution in [0.4, 0.5) is 0 Å². The normalized spacial score (nSPS) is 11.9. The number of para-hydroxylation sites is 5. The van der Waals surface area contributed by atoms with Crippen LogP contribution < -0.4 is 9.30 Å². The molecule has 0 N–H and O–H groups in total. The highest BCUT2D eigenvalue weighted by Gasteiger charge is 2.19. The molecule has 5 heterocycles. The highest BCUT2D eigenvalue weighted by molar-refractivity contribution is 5.88. The van der Waals surface area contributed by atoms with Gasteiger partial charge in [0.05, 0.1) is 44.5 Å². The molecule has 11 aromatic rings. The van der Waals surface area contributed by atoms with Crippen LogP contribution in [0.15, 0.2) is 158 Å². The summed E-state index contributed by atoms with van der Waals surface area (Å²) in [5.41, 5.74) is 9.95. The van der Waals surface area contributed by atoms with E-state index in [2.05, 4.69) is 114 Å². The zero-order chi connectivity index (χ0) is 33.5. The first-order valence-electron chi connectivity index (χ1n) is 16.7.